The van der Waals surface area contributed by atoms with Gasteiger partial charge in [0.25, 0.3) is 10.0 Å². The third kappa shape index (κ3) is 5.03. The van der Waals surface area contributed by atoms with Crippen LogP contribution in [-0.4, -0.2) is 55.8 Å². The number of aromatic nitrogens is 1. The van der Waals surface area contributed by atoms with Gasteiger partial charge in [0.1, 0.15) is 11.7 Å². The molecule has 2 aromatic carbocycles. The summed E-state index contributed by atoms with van der Waals surface area (Å²) in [6.07, 6.45) is 4.42. The maximum Gasteiger partial charge on any atom is 0.269 e. The third-order valence-corrected chi connectivity index (χ3v) is 8.09. The fourth-order valence-corrected chi connectivity index (χ4v) is 5.86. The molecular weight excluding hydrogens is 446 g/mol. The van der Waals surface area contributed by atoms with Crippen LogP contribution in [0.2, 0.25) is 0 Å². The lowest BCUT2D eigenvalue weighted by Crippen LogP contribution is -2.49. The van der Waals surface area contributed by atoms with E-state index in [2.05, 4.69) is 27.7 Å². The zero-order valence-electron chi connectivity index (χ0n) is 19.8. The molecule has 1 fully saturated rings. The van der Waals surface area contributed by atoms with Gasteiger partial charge in [-0.2, -0.15) is 0 Å². The van der Waals surface area contributed by atoms with Crippen molar-refractivity contribution in [3.8, 4) is 0 Å². The Kier molecular flexibility index (Phi) is 7.38. The summed E-state index contributed by atoms with van der Waals surface area (Å²) >= 11 is 0. The summed E-state index contributed by atoms with van der Waals surface area (Å²) in [5.74, 6) is 0.742. The molecule has 3 aromatic rings. The highest BCUT2D eigenvalue weighted by Crippen LogP contribution is 2.26. The Labute approximate surface area is 202 Å². The van der Waals surface area contributed by atoms with Crippen molar-refractivity contribution >= 4 is 21.7 Å². The lowest BCUT2D eigenvalue weighted by Gasteiger charge is -2.36. The van der Waals surface area contributed by atoms with Crippen LogP contribution in [0.5, 0.6) is 0 Å². The summed E-state index contributed by atoms with van der Waals surface area (Å²) in [5.41, 5.74) is 2.80. The molecular formula is C26H33N5O2S. The first-order valence-corrected chi connectivity index (χ1v) is 13.2. The van der Waals surface area contributed by atoms with Crippen molar-refractivity contribution in [3.63, 3.8) is 0 Å². The molecule has 0 unspecified atom stereocenters. The third-order valence-electron chi connectivity index (χ3n) is 6.40. The molecule has 2 heterocycles. The molecule has 180 valence electrons. The highest BCUT2D eigenvalue weighted by atomic mass is 32.2. The van der Waals surface area contributed by atoms with Crippen molar-refractivity contribution in [2.75, 3.05) is 32.0 Å². The van der Waals surface area contributed by atoms with Crippen LogP contribution in [0.15, 0.2) is 71.8 Å². The Balaban J connectivity index is 1.66. The van der Waals surface area contributed by atoms with E-state index in [1.54, 1.807) is 43.6 Å². The van der Waals surface area contributed by atoms with E-state index in [9.17, 15) is 8.42 Å². The van der Waals surface area contributed by atoms with E-state index in [-0.39, 0.29) is 10.9 Å². The van der Waals surface area contributed by atoms with Crippen LogP contribution in [-0.2, 0) is 16.4 Å². The van der Waals surface area contributed by atoms with Gasteiger partial charge in [0.2, 0.25) is 0 Å². The number of anilines is 1. The molecule has 1 aromatic heterocycles. The molecule has 1 aliphatic rings. The van der Waals surface area contributed by atoms with Crippen LogP contribution in [0.4, 0.5) is 5.82 Å². The lowest BCUT2D eigenvalue weighted by atomic mass is 10.0. The minimum absolute atomic E-state index is 0.187. The van der Waals surface area contributed by atoms with Crippen LogP contribution >= 0.6 is 0 Å². The maximum absolute atomic E-state index is 13.4. The smallest absolute Gasteiger partial charge is 0.269 e. The fraction of sp³-hybridized carbons (Fsp3) is 0.346. The van der Waals surface area contributed by atoms with E-state index in [0.29, 0.717) is 23.8 Å². The molecule has 1 aliphatic heterocycles. The average Bonchev–Trinajstić information content (AvgIpc) is 3.31. The molecule has 1 atom stereocenters. The summed E-state index contributed by atoms with van der Waals surface area (Å²) in [5, 5.41) is 15.6. The van der Waals surface area contributed by atoms with Gasteiger partial charge < -0.3 is 15.5 Å². The van der Waals surface area contributed by atoms with Crippen molar-refractivity contribution in [1.29, 1.82) is 5.41 Å². The number of piperidine rings is 1. The first kappa shape index (κ1) is 24.0. The quantitative estimate of drug-likeness (QED) is 0.339. The summed E-state index contributed by atoms with van der Waals surface area (Å²) < 4.78 is 28.0. The van der Waals surface area contributed by atoms with Crippen molar-refractivity contribution in [3.05, 3.63) is 83.6 Å². The van der Waals surface area contributed by atoms with Crippen molar-refractivity contribution < 1.29 is 8.42 Å². The molecule has 0 radical (unpaired) electrons. The van der Waals surface area contributed by atoms with Gasteiger partial charge in [0.05, 0.1) is 10.5 Å². The van der Waals surface area contributed by atoms with E-state index < -0.39 is 10.0 Å². The highest BCUT2D eigenvalue weighted by molar-refractivity contribution is 7.90. The zero-order valence-corrected chi connectivity index (χ0v) is 20.6. The molecule has 0 bridgehead atoms. The monoisotopic (exact) mass is 479 g/mol. The fourth-order valence-electron chi connectivity index (χ4n) is 4.50. The SMILES string of the molecule is CNc1c(C(=N)N(CCc2ccccc2)[C@H]2CCCNC2)ccn1S(=O)(=O)c1ccc(C)cc1. The number of amidine groups is 1. The summed E-state index contributed by atoms with van der Waals surface area (Å²) in [6, 6.07) is 19.0. The zero-order chi connectivity index (χ0) is 24.1. The summed E-state index contributed by atoms with van der Waals surface area (Å²) in [4.78, 5) is 2.35. The normalized spacial score (nSPS) is 16.2. The molecule has 0 spiro atoms. The Hall–Kier alpha value is -3.10. The second-order valence-electron chi connectivity index (χ2n) is 8.72. The second kappa shape index (κ2) is 10.4. The van der Waals surface area contributed by atoms with E-state index in [4.69, 9.17) is 5.41 Å². The van der Waals surface area contributed by atoms with Crippen LogP contribution in [0.1, 0.15) is 29.5 Å². The Morgan fingerprint density at radius 1 is 1.15 bits per heavy atom. The van der Waals surface area contributed by atoms with Crippen molar-refractivity contribution in [2.45, 2.75) is 37.1 Å². The van der Waals surface area contributed by atoms with Gasteiger partial charge >= 0.3 is 0 Å². The molecule has 8 heteroatoms. The van der Waals surface area contributed by atoms with Gasteiger partial charge in [-0.05, 0) is 56.5 Å². The first-order chi connectivity index (χ1) is 16.4. The molecule has 1 saturated heterocycles. The molecule has 3 N–H and O–H groups in total. The van der Waals surface area contributed by atoms with Gasteiger partial charge in [0.15, 0.2) is 0 Å². The average molecular weight is 480 g/mol. The van der Waals surface area contributed by atoms with Crippen LogP contribution in [0.3, 0.4) is 0 Å². The minimum Gasteiger partial charge on any atom is -0.373 e. The number of aryl methyl sites for hydroxylation is 1. The number of nitrogens with zero attached hydrogens (tertiary/aromatic N) is 2. The molecule has 0 amide bonds. The molecule has 34 heavy (non-hydrogen) atoms. The largest absolute Gasteiger partial charge is 0.373 e. The van der Waals surface area contributed by atoms with E-state index >= 15 is 0 Å². The Bertz CT molecular complexity index is 1210. The van der Waals surface area contributed by atoms with Crippen LogP contribution in [0, 0.1) is 12.3 Å². The number of nitrogens with one attached hydrogen (secondary N) is 3. The summed E-state index contributed by atoms with van der Waals surface area (Å²) in [6.45, 7) is 4.42. The number of rotatable bonds is 8. The van der Waals surface area contributed by atoms with Crippen molar-refractivity contribution in [2.24, 2.45) is 0 Å². The number of hydrogen-bond donors (Lipinski definition) is 3. The van der Waals surface area contributed by atoms with Gasteiger partial charge in [-0.3, -0.25) is 5.41 Å². The summed E-state index contributed by atoms with van der Waals surface area (Å²) in [7, 11) is -2.09. The highest BCUT2D eigenvalue weighted by Gasteiger charge is 2.28. The minimum atomic E-state index is -3.79. The van der Waals surface area contributed by atoms with Crippen LogP contribution in [0.25, 0.3) is 0 Å². The molecule has 0 saturated carbocycles. The van der Waals surface area contributed by atoms with E-state index in [0.717, 1.165) is 37.9 Å². The Morgan fingerprint density at radius 3 is 2.53 bits per heavy atom. The second-order valence-corrected chi connectivity index (χ2v) is 10.5. The van der Waals surface area contributed by atoms with Crippen LogP contribution < -0.4 is 10.6 Å². The van der Waals surface area contributed by atoms with Gasteiger partial charge in [-0.15, -0.1) is 0 Å². The topological polar surface area (TPSA) is 90.2 Å². The predicted molar refractivity (Wildman–Crippen MR) is 137 cm³/mol. The van der Waals surface area contributed by atoms with Gasteiger partial charge in [-0.25, -0.2) is 12.4 Å². The van der Waals surface area contributed by atoms with Gasteiger partial charge in [0, 0.05) is 32.4 Å². The molecule has 4 rings (SSSR count). The standard InChI is InChI=1S/C26H33N5O2S/c1-20-10-12-23(13-11-20)34(32,33)31-18-15-24(26(31)28-2)25(27)30(22-9-6-16-29-19-22)17-14-21-7-4-3-5-8-21/h3-5,7-8,10-13,15,18,22,27-29H,6,9,14,16-17,19H2,1-2H3/t22-/m0/s1. The van der Waals surface area contributed by atoms with E-state index in [1.165, 1.54) is 9.54 Å². The predicted octanol–water partition coefficient (Wildman–Crippen LogP) is 3.70. The first-order valence-electron chi connectivity index (χ1n) is 11.7. The molecule has 0 aliphatic carbocycles. The lowest BCUT2D eigenvalue weighted by molar-refractivity contribution is 0.258. The van der Waals surface area contributed by atoms with E-state index in [1.807, 2.05) is 25.1 Å². The number of hydrogen-bond acceptors (Lipinski definition) is 5. The Morgan fingerprint density at radius 2 is 1.88 bits per heavy atom. The van der Waals surface area contributed by atoms with Gasteiger partial charge in [-0.1, -0.05) is 48.0 Å². The molecule has 7 nitrogen and oxygen atoms in total. The number of benzene rings is 2. The van der Waals surface area contributed by atoms with Crippen molar-refractivity contribution in [1.82, 2.24) is 14.2 Å². The maximum atomic E-state index is 13.4.